The maximum atomic E-state index is 11.6. The fourth-order valence-electron chi connectivity index (χ4n) is 1.37. The molecule has 1 heterocycles. The molecule has 1 N–H and O–H groups in total. The van der Waals surface area contributed by atoms with Crippen molar-refractivity contribution in [3.8, 4) is 5.75 Å². The van der Waals surface area contributed by atoms with Gasteiger partial charge in [0.1, 0.15) is 5.75 Å². The van der Waals surface area contributed by atoms with Crippen molar-refractivity contribution in [3.63, 3.8) is 0 Å². The van der Waals surface area contributed by atoms with Crippen molar-refractivity contribution in [2.45, 2.75) is 0 Å². The molecular formula is C12H12BrN3O2. The van der Waals surface area contributed by atoms with E-state index in [1.165, 1.54) is 0 Å². The van der Waals surface area contributed by atoms with Crippen molar-refractivity contribution >= 4 is 27.7 Å². The van der Waals surface area contributed by atoms with E-state index in [-0.39, 0.29) is 12.5 Å². The van der Waals surface area contributed by atoms with Gasteiger partial charge in [0.25, 0.3) is 5.91 Å². The van der Waals surface area contributed by atoms with Crippen LogP contribution in [0.5, 0.6) is 5.75 Å². The standard InChI is InChI=1S/C12H12BrN3O2/c1-16-6-5-11(15-16)14-12(17)8-18-10-4-2-3-9(13)7-10/h2-7H,8H2,1H3,(H,14,15,17). The van der Waals surface area contributed by atoms with Gasteiger partial charge < -0.3 is 10.1 Å². The number of hydrogen-bond acceptors (Lipinski definition) is 3. The van der Waals surface area contributed by atoms with Crippen LogP contribution in [0.15, 0.2) is 41.0 Å². The lowest BCUT2D eigenvalue weighted by molar-refractivity contribution is -0.118. The molecule has 1 aromatic heterocycles. The molecule has 18 heavy (non-hydrogen) atoms. The summed E-state index contributed by atoms with van der Waals surface area (Å²) in [5.41, 5.74) is 0. The molecule has 0 spiro atoms. The van der Waals surface area contributed by atoms with Crippen molar-refractivity contribution in [2.75, 3.05) is 11.9 Å². The number of carbonyl (C=O) groups excluding carboxylic acids is 1. The first-order valence-corrected chi connectivity index (χ1v) is 6.10. The van der Waals surface area contributed by atoms with Gasteiger partial charge in [0.2, 0.25) is 0 Å². The van der Waals surface area contributed by atoms with Crippen LogP contribution in [0.4, 0.5) is 5.82 Å². The van der Waals surface area contributed by atoms with E-state index in [4.69, 9.17) is 4.74 Å². The lowest BCUT2D eigenvalue weighted by Crippen LogP contribution is -2.20. The Bertz CT molecular complexity index is 554. The summed E-state index contributed by atoms with van der Waals surface area (Å²) in [6.45, 7) is -0.0486. The summed E-state index contributed by atoms with van der Waals surface area (Å²) in [5.74, 6) is 0.912. The third-order valence-electron chi connectivity index (χ3n) is 2.15. The fraction of sp³-hybridized carbons (Fsp3) is 0.167. The van der Waals surface area contributed by atoms with Gasteiger partial charge in [0.15, 0.2) is 12.4 Å². The van der Waals surface area contributed by atoms with E-state index in [1.54, 1.807) is 36.1 Å². The lowest BCUT2D eigenvalue weighted by atomic mass is 10.3. The molecule has 6 heteroatoms. The number of amides is 1. The van der Waals surface area contributed by atoms with E-state index in [0.717, 1.165) is 4.47 Å². The summed E-state index contributed by atoms with van der Waals surface area (Å²) in [4.78, 5) is 11.6. The zero-order valence-electron chi connectivity index (χ0n) is 9.76. The van der Waals surface area contributed by atoms with Crippen molar-refractivity contribution in [1.29, 1.82) is 0 Å². The lowest BCUT2D eigenvalue weighted by Gasteiger charge is -2.06. The van der Waals surface area contributed by atoms with Crippen LogP contribution >= 0.6 is 15.9 Å². The highest BCUT2D eigenvalue weighted by Crippen LogP contribution is 2.17. The predicted molar refractivity (Wildman–Crippen MR) is 71.5 cm³/mol. The number of hydrogen-bond donors (Lipinski definition) is 1. The van der Waals surface area contributed by atoms with Crippen LogP contribution < -0.4 is 10.1 Å². The summed E-state index contributed by atoms with van der Waals surface area (Å²) in [7, 11) is 1.79. The molecule has 2 aromatic rings. The zero-order chi connectivity index (χ0) is 13.0. The van der Waals surface area contributed by atoms with Crippen molar-refractivity contribution < 1.29 is 9.53 Å². The zero-order valence-corrected chi connectivity index (χ0v) is 11.3. The highest BCUT2D eigenvalue weighted by atomic mass is 79.9. The summed E-state index contributed by atoms with van der Waals surface area (Å²) >= 11 is 3.33. The number of carbonyl (C=O) groups is 1. The Hall–Kier alpha value is -1.82. The topological polar surface area (TPSA) is 56.2 Å². The minimum atomic E-state index is -0.242. The molecule has 2 rings (SSSR count). The van der Waals surface area contributed by atoms with Gasteiger partial charge in [-0.15, -0.1) is 0 Å². The third kappa shape index (κ3) is 3.59. The van der Waals surface area contributed by atoms with E-state index in [0.29, 0.717) is 11.6 Å². The molecule has 0 aliphatic heterocycles. The highest BCUT2D eigenvalue weighted by Gasteiger charge is 2.05. The Morgan fingerprint density at radius 1 is 1.50 bits per heavy atom. The monoisotopic (exact) mass is 309 g/mol. The van der Waals surface area contributed by atoms with Gasteiger partial charge in [0, 0.05) is 23.8 Å². The summed E-state index contributed by atoms with van der Waals surface area (Å²) in [5, 5.41) is 6.68. The van der Waals surface area contributed by atoms with Gasteiger partial charge in [-0.2, -0.15) is 5.10 Å². The van der Waals surface area contributed by atoms with Gasteiger partial charge in [-0.25, -0.2) is 0 Å². The molecule has 0 saturated carbocycles. The first-order chi connectivity index (χ1) is 8.63. The first kappa shape index (κ1) is 12.6. The highest BCUT2D eigenvalue weighted by molar-refractivity contribution is 9.10. The molecule has 0 bridgehead atoms. The van der Waals surface area contributed by atoms with E-state index in [9.17, 15) is 4.79 Å². The Balaban J connectivity index is 1.85. The summed E-state index contributed by atoms with van der Waals surface area (Å²) in [6, 6.07) is 9.04. The molecular weight excluding hydrogens is 298 g/mol. The molecule has 0 unspecified atom stereocenters. The molecule has 5 nitrogen and oxygen atoms in total. The van der Waals surface area contributed by atoms with Crippen molar-refractivity contribution in [2.24, 2.45) is 7.05 Å². The molecule has 0 radical (unpaired) electrons. The Morgan fingerprint density at radius 2 is 2.33 bits per heavy atom. The Morgan fingerprint density at radius 3 is 3.00 bits per heavy atom. The second kappa shape index (κ2) is 5.68. The van der Waals surface area contributed by atoms with E-state index >= 15 is 0 Å². The summed E-state index contributed by atoms with van der Waals surface area (Å²) < 4.78 is 7.87. The van der Waals surface area contributed by atoms with Crippen molar-refractivity contribution in [3.05, 3.63) is 41.0 Å². The Labute approximate surface area is 113 Å². The number of nitrogens with one attached hydrogen (secondary N) is 1. The Kier molecular flexibility index (Phi) is 3.99. The van der Waals surface area contributed by atoms with Crippen LogP contribution in [0, 0.1) is 0 Å². The SMILES string of the molecule is Cn1ccc(NC(=O)COc2cccc(Br)c2)n1. The number of aryl methyl sites for hydroxylation is 1. The molecule has 94 valence electrons. The number of halogens is 1. The molecule has 0 aliphatic rings. The van der Waals surface area contributed by atoms with E-state index in [2.05, 4.69) is 26.3 Å². The quantitative estimate of drug-likeness (QED) is 0.942. The van der Waals surface area contributed by atoms with Gasteiger partial charge in [-0.3, -0.25) is 9.48 Å². The number of benzene rings is 1. The fourth-order valence-corrected chi connectivity index (χ4v) is 1.74. The molecule has 1 amide bonds. The van der Waals surface area contributed by atoms with Crippen LogP contribution in [-0.4, -0.2) is 22.3 Å². The number of ether oxygens (including phenoxy) is 1. The molecule has 0 atom stereocenters. The molecule has 0 fully saturated rings. The van der Waals surface area contributed by atoms with Gasteiger partial charge in [-0.1, -0.05) is 22.0 Å². The normalized spacial score (nSPS) is 10.1. The van der Waals surface area contributed by atoms with Crippen LogP contribution in [0.25, 0.3) is 0 Å². The smallest absolute Gasteiger partial charge is 0.263 e. The molecule has 1 aromatic carbocycles. The van der Waals surface area contributed by atoms with Crippen LogP contribution in [-0.2, 0) is 11.8 Å². The van der Waals surface area contributed by atoms with Crippen molar-refractivity contribution in [1.82, 2.24) is 9.78 Å². The first-order valence-electron chi connectivity index (χ1n) is 5.31. The van der Waals surface area contributed by atoms with Gasteiger partial charge in [0.05, 0.1) is 0 Å². The minimum absolute atomic E-state index is 0.0486. The van der Waals surface area contributed by atoms with Gasteiger partial charge >= 0.3 is 0 Å². The largest absolute Gasteiger partial charge is 0.484 e. The maximum Gasteiger partial charge on any atom is 0.263 e. The van der Waals surface area contributed by atoms with E-state index in [1.807, 2.05) is 12.1 Å². The second-order valence-corrected chi connectivity index (χ2v) is 4.58. The number of nitrogens with zero attached hydrogens (tertiary/aromatic N) is 2. The second-order valence-electron chi connectivity index (χ2n) is 3.67. The molecule has 0 aliphatic carbocycles. The minimum Gasteiger partial charge on any atom is -0.484 e. The number of rotatable bonds is 4. The predicted octanol–water partition coefficient (Wildman–Crippen LogP) is 2.20. The van der Waals surface area contributed by atoms with Crippen LogP contribution in [0.1, 0.15) is 0 Å². The maximum absolute atomic E-state index is 11.6. The number of aromatic nitrogens is 2. The van der Waals surface area contributed by atoms with E-state index < -0.39 is 0 Å². The van der Waals surface area contributed by atoms with Crippen LogP contribution in [0.2, 0.25) is 0 Å². The third-order valence-corrected chi connectivity index (χ3v) is 2.64. The average molecular weight is 310 g/mol. The molecule has 0 saturated heterocycles. The average Bonchev–Trinajstić information content (AvgIpc) is 2.72. The van der Waals surface area contributed by atoms with Gasteiger partial charge in [-0.05, 0) is 18.2 Å². The summed E-state index contributed by atoms with van der Waals surface area (Å²) in [6.07, 6.45) is 1.75. The van der Waals surface area contributed by atoms with Crippen LogP contribution in [0.3, 0.4) is 0 Å². The number of anilines is 1.